The van der Waals surface area contributed by atoms with Crippen molar-refractivity contribution in [3.8, 4) is 11.5 Å². The van der Waals surface area contributed by atoms with Crippen LogP contribution in [0.15, 0.2) is 51.8 Å². The van der Waals surface area contributed by atoms with Crippen molar-refractivity contribution < 1.29 is 33.3 Å². The Morgan fingerprint density at radius 1 is 1.18 bits per heavy atom. The molecule has 2 aromatic carbocycles. The third-order valence-corrected chi connectivity index (χ3v) is 7.87. The first kappa shape index (κ1) is 29.1. The first-order valence-electron chi connectivity index (χ1n) is 12.2. The monoisotopic (exact) mass is 634 g/mol. The quantitative estimate of drug-likeness (QED) is 0.228. The number of thiocarbonyl (C=S) groups is 1. The highest BCUT2D eigenvalue weighted by molar-refractivity contribution is 9.10. The number of ether oxygens (including phenoxy) is 4. The molecule has 206 valence electrons. The zero-order valence-corrected chi connectivity index (χ0v) is 24.6. The predicted octanol–water partition coefficient (Wildman–Crippen LogP) is 4.20. The molecule has 2 heterocycles. The number of nitrogens with zero attached hydrogens (tertiary/aromatic N) is 2. The maximum atomic E-state index is 13.5. The molecule has 4 rings (SSSR count). The van der Waals surface area contributed by atoms with Crippen LogP contribution in [0.25, 0.3) is 6.08 Å². The lowest BCUT2D eigenvalue weighted by Gasteiger charge is -2.27. The summed E-state index contributed by atoms with van der Waals surface area (Å²) in [7, 11) is 1.27. The van der Waals surface area contributed by atoms with Crippen molar-refractivity contribution in [2.24, 2.45) is 0 Å². The minimum Gasteiger partial charge on any atom is -0.490 e. The van der Waals surface area contributed by atoms with Crippen LogP contribution in [0.1, 0.15) is 24.1 Å². The summed E-state index contributed by atoms with van der Waals surface area (Å²) in [4.78, 5) is 42.0. The second-order valence-electron chi connectivity index (χ2n) is 8.43. The Balaban J connectivity index is 1.57. The average Bonchev–Trinajstić information content (AvgIpc) is 3.21. The number of thioether (sulfide) groups is 1. The number of morpholine rings is 1. The molecule has 2 aromatic rings. The normalized spacial score (nSPS) is 17.4. The van der Waals surface area contributed by atoms with Crippen LogP contribution in [0.3, 0.4) is 0 Å². The number of esters is 1. The van der Waals surface area contributed by atoms with E-state index in [4.69, 9.17) is 31.2 Å². The molecule has 2 saturated heterocycles. The number of hydrogen-bond donors (Lipinski definition) is 0. The van der Waals surface area contributed by atoms with E-state index in [0.717, 1.165) is 11.8 Å². The summed E-state index contributed by atoms with van der Waals surface area (Å²) < 4.78 is 22.7. The van der Waals surface area contributed by atoms with Crippen LogP contribution in [-0.2, 0) is 23.9 Å². The van der Waals surface area contributed by atoms with Crippen molar-refractivity contribution in [3.63, 3.8) is 0 Å². The zero-order valence-electron chi connectivity index (χ0n) is 21.4. The largest absolute Gasteiger partial charge is 0.490 e. The molecule has 0 saturated carbocycles. The van der Waals surface area contributed by atoms with Crippen LogP contribution in [0.2, 0.25) is 0 Å². The van der Waals surface area contributed by atoms with Crippen molar-refractivity contribution in [2.75, 3.05) is 46.6 Å². The molecule has 0 spiro atoms. The van der Waals surface area contributed by atoms with E-state index in [1.165, 1.54) is 12.0 Å². The van der Waals surface area contributed by atoms with Crippen LogP contribution in [0.4, 0.5) is 0 Å². The van der Waals surface area contributed by atoms with Gasteiger partial charge >= 0.3 is 5.97 Å². The molecule has 1 atom stereocenters. The van der Waals surface area contributed by atoms with E-state index < -0.39 is 17.9 Å². The fourth-order valence-corrected chi connectivity index (χ4v) is 5.99. The third-order valence-electron chi connectivity index (χ3n) is 5.95. The fourth-order valence-electron chi connectivity index (χ4n) is 4.10. The van der Waals surface area contributed by atoms with Crippen molar-refractivity contribution in [3.05, 3.63) is 63.0 Å². The van der Waals surface area contributed by atoms with Gasteiger partial charge in [0.05, 0.1) is 36.3 Å². The summed E-state index contributed by atoms with van der Waals surface area (Å²) in [6, 6.07) is 11.4. The Morgan fingerprint density at radius 3 is 2.56 bits per heavy atom. The van der Waals surface area contributed by atoms with Gasteiger partial charge in [0.15, 0.2) is 24.1 Å². The fraction of sp³-hybridized carbons (Fsp3) is 0.333. The van der Waals surface area contributed by atoms with Crippen LogP contribution >= 0.6 is 39.9 Å². The standard InChI is InChI=1S/C27H27BrN2O7S2/c1-3-36-20-14-17(13-19(28)24(20)37-16-22(31)29-9-11-35-12-10-29)15-21-25(32)30(27(38)39-21)23(26(33)34-2)18-7-5-4-6-8-18/h4-8,13-15,23H,3,9-12,16H2,1-2H3/b21-15+. The Hall–Kier alpha value is -2.93. The van der Waals surface area contributed by atoms with E-state index in [-0.39, 0.29) is 16.8 Å². The van der Waals surface area contributed by atoms with Gasteiger partial charge < -0.3 is 23.8 Å². The second kappa shape index (κ2) is 13.4. The van der Waals surface area contributed by atoms with Gasteiger partial charge in [-0.2, -0.15) is 0 Å². The van der Waals surface area contributed by atoms with Crippen molar-refractivity contribution >= 4 is 68.1 Å². The maximum absolute atomic E-state index is 13.5. The summed E-state index contributed by atoms with van der Waals surface area (Å²) in [5.74, 6) is -0.333. The van der Waals surface area contributed by atoms with Crippen LogP contribution < -0.4 is 9.47 Å². The number of benzene rings is 2. The number of carbonyl (C=O) groups excluding carboxylic acids is 3. The molecular weight excluding hydrogens is 608 g/mol. The van der Waals surface area contributed by atoms with E-state index >= 15 is 0 Å². The van der Waals surface area contributed by atoms with Gasteiger partial charge in [0.25, 0.3) is 11.8 Å². The SMILES string of the molecule is CCOc1cc(/C=C2/SC(=S)N(C(C(=O)OC)c3ccccc3)C2=O)cc(Br)c1OCC(=O)N1CCOCC1. The van der Waals surface area contributed by atoms with Gasteiger partial charge in [-0.15, -0.1) is 0 Å². The molecule has 0 aromatic heterocycles. The lowest BCUT2D eigenvalue weighted by atomic mass is 10.1. The Bertz CT molecular complexity index is 1280. The molecule has 0 aliphatic carbocycles. The first-order chi connectivity index (χ1) is 18.8. The molecule has 0 bridgehead atoms. The summed E-state index contributed by atoms with van der Waals surface area (Å²) in [6.45, 7) is 4.12. The zero-order chi connectivity index (χ0) is 27.9. The number of carbonyl (C=O) groups is 3. The van der Waals surface area contributed by atoms with E-state index in [0.29, 0.717) is 64.9 Å². The van der Waals surface area contributed by atoms with E-state index in [2.05, 4.69) is 15.9 Å². The lowest BCUT2D eigenvalue weighted by molar-refractivity contribution is -0.148. The Kier molecular flexibility index (Phi) is 10.0. The highest BCUT2D eigenvalue weighted by atomic mass is 79.9. The van der Waals surface area contributed by atoms with Crippen LogP contribution in [0.5, 0.6) is 11.5 Å². The van der Waals surface area contributed by atoms with Gasteiger partial charge in [-0.3, -0.25) is 14.5 Å². The number of amides is 2. The van der Waals surface area contributed by atoms with Gasteiger partial charge in [0.1, 0.15) is 4.32 Å². The molecule has 9 nitrogen and oxygen atoms in total. The molecule has 0 N–H and O–H groups in total. The first-order valence-corrected chi connectivity index (χ1v) is 14.2. The third kappa shape index (κ3) is 6.81. The minimum absolute atomic E-state index is 0.140. The number of hydrogen-bond acceptors (Lipinski definition) is 9. The second-order valence-corrected chi connectivity index (χ2v) is 11.0. The van der Waals surface area contributed by atoms with Gasteiger partial charge in [-0.25, -0.2) is 4.79 Å². The smallest absolute Gasteiger partial charge is 0.333 e. The maximum Gasteiger partial charge on any atom is 0.333 e. The molecule has 2 aliphatic heterocycles. The topological polar surface area (TPSA) is 94.6 Å². The average molecular weight is 636 g/mol. The van der Waals surface area contributed by atoms with Crippen LogP contribution in [-0.4, -0.2) is 78.5 Å². The highest BCUT2D eigenvalue weighted by Gasteiger charge is 2.42. The predicted molar refractivity (Wildman–Crippen MR) is 154 cm³/mol. The molecule has 2 amide bonds. The number of methoxy groups -OCH3 is 1. The Labute approximate surface area is 244 Å². The molecule has 1 unspecified atom stereocenters. The molecule has 2 fully saturated rings. The lowest BCUT2D eigenvalue weighted by Crippen LogP contribution is -2.43. The highest BCUT2D eigenvalue weighted by Crippen LogP contribution is 2.41. The van der Waals surface area contributed by atoms with Crippen LogP contribution in [0, 0.1) is 0 Å². The summed E-state index contributed by atoms with van der Waals surface area (Å²) in [5.41, 5.74) is 1.24. The molecule has 0 radical (unpaired) electrons. The molecular formula is C27H27BrN2O7S2. The molecule has 2 aliphatic rings. The summed E-state index contributed by atoms with van der Waals surface area (Å²) in [5, 5.41) is 0. The molecule has 12 heteroatoms. The van der Waals surface area contributed by atoms with Gasteiger partial charge in [-0.1, -0.05) is 54.3 Å². The van der Waals surface area contributed by atoms with E-state index in [1.807, 2.05) is 13.0 Å². The van der Waals surface area contributed by atoms with Crippen molar-refractivity contribution in [2.45, 2.75) is 13.0 Å². The minimum atomic E-state index is -1.000. The summed E-state index contributed by atoms with van der Waals surface area (Å²) >= 11 is 10.1. The van der Waals surface area contributed by atoms with Gasteiger partial charge in [0, 0.05) is 13.1 Å². The van der Waals surface area contributed by atoms with Crippen molar-refractivity contribution in [1.29, 1.82) is 0 Å². The summed E-state index contributed by atoms with van der Waals surface area (Å²) in [6.07, 6.45) is 1.68. The van der Waals surface area contributed by atoms with Crippen molar-refractivity contribution in [1.82, 2.24) is 9.80 Å². The van der Waals surface area contributed by atoms with E-state index in [9.17, 15) is 14.4 Å². The number of rotatable bonds is 9. The van der Waals surface area contributed by atoms with Gasteiger partial charge in [-0.05, 0) is 52.2 Å². The number of halogens is 1. The van der Waals surface area contributed by atoms with Gasteiger partial charge in [0.2, 0.25) is 0 Å². The molecule has 39 heavy (non-hydrogen) atoms. The Morgan fingerprint density at radius 2 is 1.90 bits per heavy atom. The van der Waals surface area contributed by atoms with E-state index in [1.54, 1.807) is 47.4 Å².